The van der Waals surface area contributed by atoms with Gasteiger partial charge < -0.3 is 15.3 Å². The summed E-state index contributed by atoms with van der Waals surface area (Å²) in [5.41, 5.74) is 0. The molecule has 0 fully saturated rings. The fourth-order valence-corrected chi connectivity index (χ4v) is 1.46. The van der Waals surface area contributed by atoms with Crippen LogP contribution < -0.4 is 0 Å². The first-order valence-corrected chi connectivity index (χ1v) is 4.94. The molecule has 0 aromatic heterocycles. The lowest BCUT2D eigenvalue weighted by Gasteiger charge is -2.38. The van der Waals surface area contributed by atoms with Crippen molar-refractivity contribution in [3.63, 3.8) is 0 Å². The molecule has 7 heteroatoms. The number of carboxylic acid groups (broad SMARTS) is 1. The average molecular weight is 235 g/mol. The fourth-order valence-electron chi connectivity index (χ4n) is 1.46. The van der Waals surface area contributed by atoms with Gasteiger partial charge >= 0.3 is 11.9 Å². The second-order valence-corrected chi connectivity index (χ2v) is 3.61. The number of amides is 1. The molecular formula is C9H19N2O5+. The van der Waals surface area contributed by atoms with Crippen LogP contribution in [0, 0.1) is 0 Å². The third kappa shape index (κ3) is 3.86. The van der Waals surface area contributed by atoms with Gasteiger partial charge in [0.15, 0.2) is 0 Å². The Labute approximate surface area is 94.1 Å². The lowest BCUT2D eigenvalue weighted by molar-refractivity contribution is -0.946. The van der Waals surface area contributed by atoms with Crippen molar-refractivity contribution in [2.45, 2.75) is 6.92 Å². The summed E-state index contributed by atoms with van der Waals surface area (Å²) >= 11 is 0. The molecular weight excluding hydrogens is 216 g/mol. The molecule has 7 nitrogen and oxygen atoms in total. The van der Waals surface area contributed by atoms with Gasteiger partial charge in [0, 0.05) is 0 Å². The zero-order valence-electron chi connectivity index (χ0n) is 9.59. The van der Waals surface area contributed by atoms with Crippen LogP contribution in [0.4, 0.5) is 0 Å². The van der Waals surface area contributed by atoms with E-state index in [1.54, 1.807) is 0 Å². The Morgan fingerprint density at radius 2 is 1.62 bits per heavy atom. The molecule has 1 amide bonds. The van der Waals surface area contributed by atoms with Crippen molar-refractivity contribution in [2.75, 3.05) is 39.9 Å². The molecule has 0 aromatic carbocycles. The van der Waals surface area contributed by atoms with Crippen molar-refractivity contribution in [1.82, 2.24) is 5.01 Å². The number of aliphatic hydroxyl groups excluding tert-OH is 2. The number of quaternary nitrogens is 1. The van der Waals surface area contributed by atoms with Crippen molar-refractivity contribution >= 4 is 11.9 Å². The quantitative estimate of drug-likeness (QED) is 0.358. The maximum atomic E-state index is 11.5. The second kappa shape index (κ2) is 6.54. The summed E-state index contributed by atoms with van der Waals surface area (Å²) in [7, 11) is 1.45. The zero-order chi connectivity index (χ0) is 12.8. The summed E-state index contributed by atoms with van der Waals surface area (Å²) in [5, 5.41) is 27.9. The van der Waals surface area contributed by atoms with E-state index in [4.69, 9.17) is 15.3 Å². The van der Waals surface area contributed by atoms with Crippen LogP contribution in [0.3, 0.4) is 0 Å². The van der Waals surface area contributed by atoms with E-state index in [2.05, 4.69) is 0 Å². The zero-order valence-corrected chi connectivity index (χ0v) is 9.59. The Bertz CT molecular complexity index is 252. The van der Waals surface area contributed by atoms with Crippen LogP contribution in [-0.4, -0.2) is 76.7 Å². The van der Waals surface area contributed by atoms with E-state index in [9.17, 15) is 9.59 Å². The van der Waals surface area contributed by atoms with Gasteiger partial charge in [0.2, 0.25) is 6.54 Å². The van der Waals surface area contributed by atoms with Gasteiger partial charge in [-0.25, -0.2) is 9.59 Å². The minimum absolute atomic E-state index is 0.129. The molecule has 0 saturated carbocycles. The largest absolute Gasteiger partial charge is 0.477 e. The highest BCUT2D eigenvalue weighted by atomic mass is 16.4. The minimum atomic E-state index is -1.11. The molecule has 0 radical (unpaired) electrons. The summed E-state index contributed by atoms with van der Waals surface area (Å²) in [4.78, 5) is 22.2. The summed E-state index contributed by atoms with van der Waals surface area (Å²) in [6, 6.07) is 0. The highest BCUT2D eigenvalue weighted by molar-refractivity contribution is 5.73. The van der Waals surface area contributed by atoms with E-state index < -0.39 is 17.1 Å². The van der Waals surface area contributed by atoms with Crippen molar-refractivity contribution in [3.05, 3.63) is 0 Å². The van der Waals surface area contributed by atoms with Crippen molar-refractivity contribution in [2.24, 2.45) is 0 Å². The van der Waals surface area contributed by atoms with E-state index >= 15 is 0 Å². The molecule has 16 heavy (non-hydrogen) atoms. The smallest absolute Gasteiger partial charge is 0.361 e. The lowest BCUT2D eigenvalue weighted by atomic mass is 10.4. The molecule has 0 aliphatic carbocycles. The maximum absolute atomic E-state index is 11.5. The number of aliphatic hydroxyl groups is 2. The first-order valence-electron chi connectivity index (χ1n) is 4.94. The van der Waals surface area contributed by atoms with Crippen LogP contribution >= 0.6 is 0 Å². The van der Waals surface area contributed by atoms with E-state index in [-0.39, 0.29) is 32.2 Å². The third-order valence-corrected chi connectivity index (χ3v) is 2.46. The average Bonchev–Trinajstić information content (AvgIpc) is 2.16. The van der Waals surface area contributed by atoms with Crippen molar-refractivity contribution < 1.29 is 29.5 Å². The SMILES string of the molecule is CC(=O)[N+](C)(CC(=O)O)N(CCO)CCO. The number of hydrogen-bond donors (Lipinski definition) is 3. The molecule has 0 heterocycles. The Morgan fingerprint density at radius 1 is 1.19 bits per heavy atom. The number of aliphatic carboxylic acids is 1. The van der Waals surface area contributed by atoms with Crippen LogP contribution in [0.1, 0.15) is 6.92 Å². The van der Waals surface area contributed by atoms with Gasteiger partial charge in [-0.1, -0.05) is 0 Å². The first-order chi connectivity index (χ1) is 7.38. The van der Waals surface area contributed by atoms with Gasteiger partial charge in [0.05, 0.1) is 40.3 Å². The number of carbonyl (C=O) groups is 2. The molecule has 1 atom stereocenters. The van der Waals surface area contributed by atoms with Gasteiger partial charge in [-0.05, 0) is 0 Å². The molecule has 0 rings (SSSR count). The fraction of sp³-hybridized carbons (Fsp3) is 0.778. The molecule has 0 aliphatic rings. The van der Waals surface area contributed by atoms with Gasteiger partial charge in [-0.3, -0.25) is 0 Å². The summed E-state index contributed by atoms with van der Waals surface area (Å²) in [6.45, 7) is 0.718. The molecule has 1 unspecified atom stereocenters. The standard InChI is InChI=1S/C9H18N2O5/c1-8(14)11(2,7-9(15)16)10(3-5-12)4-6-13/h12-13H,3-7H2,1-2H3/p+1. The highest BCUT2D eigenvalue weighted by Gasteiger charge is 2.38. The molecule has 0 bridgehead atoms. The van der Waals surface area contributed by atoms with E-state index in [0.717, 1.165) is 0 Å². The molecule has 0 spiro atoms. The van der Waals surface area contributed by atoms with Crippen LogP contribution in [0.2, 0.25) is 0 Å². The molecule has 94 valence electrons. The van der Waals surface area contributed by atoms with Gasteiger partial charge in [0.1, 0.15) is 0 Å². The third-order valence-electron chi connectivity index (χ3n) is 2.46. The first kappa shape index (κ1) is 15.0. The topological polar surface area (TPSA) is 98.1 Å². The molecule has 0 aliphatic heterocycles. The van der Waals surface area contributed by atoms with E-state index in [0.29, 0.717) is 0 Å². The van der Waals surface area contributed by atoms with Crippen molar-refractivity contribution in [3.8, 4) is 0 Å². The Morgan fingerprint density at radius 3 is 1.88 bits per heavy atom. The van der Waals surface area contributed by atoms with Gasteiger partial charge in [-0.2, -0.15) is 4.59 Å². The number of likely N-dealkylation sites (N-methyl/N-ethyl adjacent to an activating group) is 1. The number of nitrogens with zero attached hydrogens (tertiary/aromatic N) is 2. The van der Waals surface area contributed by atoms with Crippen LogP contribution in [0.5, 0.6) is 0 Å². The summed E-state index contributed by atoms with van der Waals surface area (Å²) in [6.07, 6.45) is 0. The Hall–Kier alpha value is -1.02. The Kier molecular flexibility index (Phi) is 6.12. The highest BCUT2D eigenvalue weighted by Crippen LogP contribution is 2.09. The summed E-state index contributed by atoms with van der Waals surface area (Å²) in [5.74, 6) is -1.47. The van der Waals surface area contributed by atoms with Gasteiger partial charge in [-0.15, -0.1) is 5.01 Å². The van der Waals surface area contributed by atoms with Crippen LogP contribution in [0.15, 0.2) is 0 Å². The predicted octanol–water partition coefficient (Wildman–Crippen LogP) is -1.73. The normalized spacial score (nSPS) is 14.8. The van der Waals surface area contributed by atoms with Crippen LogP contribution in [0.25, 0.3) is 0 Å². The number of carbonyl (C=O) groups excluding carboxylic acids is 1. The maximum Gasteiger partial charge on any atom is 0.361 e. The monoisotopic (exact) mass is 235 g/mol. The predicted molar refractivity (Wildman–Crippen MR) is 55.1 cm³/mol. The molecule has 0 aromatic rings. The number of carboxylic acids is 1. The number of hydrogen-bond acceptors (Lipinski definition) is 5. The number of rotatable bonds is 7. The minimum Gasteiger partial charge on any atom is -0.477 e. The Balaban J connectivity index is 4.94. The second-order valence-electron chi connectivity index (χ2n) is 3.61. The van der Waals surface area contributed by atoms with Crippen molar-refractivity contribution in [1.29, 1.82) is 0 Å². The lowest BCUT2D eigenvalue weighted by Crippen LogP contribution is -2.63. The molecule has 3 N–H and O–H groups in total. The van der Waals surface area contributed by atoms with E-state index in [1.807, 2.05) is 0 Å². The van der Waals surface area contributed by atoms with E-state index in [1.165, 1.54) is 19.0 Å². The summed E-state index contributed by atoms with van der Waals surface area (Å²) < 4.78 is -0.462. The molecule has 0 saturated heterocycles. The van der Waals surface area contributed by atoms with Gasteiger partial charge in [0.25, 0.3) is 0 Å². The van der Waals surface area contributed by atoms with Crippen LogP contribution in [-0.2, 0) is 9.59 Å².